The van der Waals surface area contributed by atoms with Gasteiger partial charge in [-0.15, -0.1) is 0 Å². The fourth-order valence-electron chi connectivity index (χ4n) is 1.37. The molecule has 0 aliphatic heterocycles. The maximum Gasteiger partial charge on any atom is 0.314 e. The number of benzene rings is 1. The van der Waals surface area contributed by atoms with Crippen molar-refractivity contribution in [3.8, 4) is 5.75 Å². The number of nitrogens with zero attached hydrogens (tertiary/aromatic N) is 2. The number of nitro groups is 1. The van der Waals surface area contributed by atoms with Crippen LogP contribution in [-0.2, 0) is 6.61 Å². The topological polar surface area (TPSA) is 103 Å². The largest absolute Gasteiger partial charge is 0.479 e. The van der Waals surface area contributed by atoms with E-state index in [4.69, 9.17) is 10.6 Å². The van der Waals surface area contributed by atoms with E-state index in [1.165, 1.54) is 29.7 Å². The van der Waals surface area contributed by atoms with Gasteiger partial charge >= 0.3 is 5.69 Å². The predicted octanol–water partition coefficient (Wildman–Crippen LogP) is 2.05. The van der Waals surface area contributed by atoms with E-state index >= 15 is 0 Å². The van der Waals surface area contributed by atoms with E-state index in [2.05, 4.69) is 10.4 Å². The molecule has 0 bridgehead atoms. The van der Waals surface area contributed by atoms with E-state index in [0.29, 0.717) is 10.0 Å². The van der Waals surface area contributed by atoms with Crippen molar-refractivity contribution in [3.05, 3.63) is 45.2 Å². The zero-order valence-electron chi connectivity index (χ0n) is 9.50. The number of halogens is 1. The van der Waals surface area contributed by atoms with Crippen LogP contribution in [0.2, 0.25) is 0 Å². The Bertz CT molecular complexity index is 604. The average molecular weight is 284 g/mol. The van der Waals surface area contributed by atoms with E-state index < -0.39 is 16.4 Å². The maximum absolute atomic E-state index is 13.5. The smallest absolute Gasteiger partial charge is 0.314 e. The molecule has 3 N–H and O–H groups in total. The molecule has 0 aliphatic rings. The number of ether oxygens (including phenoxy) is 1. The standard InChI is InChI=1S/C10H9FN4O3S/c11-7-2-1-3-8(15(16)17)9(7)18-5-6-4-13-10(14-12)19-6/h1-4H,5,12H2,(H,13,14). The Hall–Kier alpha value is -2.26. The molecule has 9 heteroatoms. The summed E-state index contributed by atoms with van der Waals surface area (Å²) in [7, 11) is 0. The van der Waals surface area contributed by atoms with Crippen molar-refractivity contribution in [2.24, 2.45) is 5.84 Å². The molecule has 0 radical (unpaired) electrons. The number of para-hydroxylation sites is 1. The third kappa shape index (κ3) is 2.95. The monoisotopic (exact) mass is 284 g/mol. The molecule has 1 aromatic carbocycles. The van der Waals surface area contributed by atoms with Gasteiger partial charge in [-0.05, 0) is 6.07 Å². The van der Waals surface area contributed by atoms with Crippen molar-refractivity contribution >= 4 is 22.2 Å². The van der Waals surface area contributed by atoms with Crippen molar-refractivity contribution in [1.29, 1.82) is 0 Å². The lowest BCUT2D eigenvalue weighted by molar-refractivity contribution is -0.386. The quantitative estimate of drug-likeness (QED) is 0.495. The van der Waals surface area contributed by atoms with Crippen LogP contribution in [0.4, 0.5) is 15.2 Å². The van der Waals surface area contributed by atoms with Crippen molar-refractivity contribution in [2.45, 2.75) is 6.61 Å². The lowest BCUT2D eigenvalue weighted by Crippen LogP contribution is -2.05. The van der Waals surface area contributed by atoms with Crippen molar-refractivity contribution in [2.75, 3.05) is 5.43 Å². The first-order valence-electron chi connectivity index (χ1n) is 5.09. The van der Waals surface area contributed by atoms with E-state index in [1.807, 2.05) is 0 Å². The minimum atomic E-state index is -0.782. The summed E-state index contributed by atoms with van der Waals surface area (Å²) >= 11 is 1.21. The number of rotatable bonds is 5. The lowest BCUT2D eigenvalue weighted by atomic mass is 10.3. The van der Waals surface area contributed by atoms with Crippen LogP contribution in [0.25, 0.3) is 0 Å². The van der Waals surface area contributed by atoms with Gasteiger partial charge in [-0.3, -0.25) is 15.5 Å². The van der Waals surface area contributed by atoms with Gasteiger partial charge in [-0.2, -0.15) is 0 Å². The Morgan fingerprint density at radius 1 is 1.58 bits per heavy atom. The molecule has 0 aliphatic carbocycles. The molecule has 19 heavy (non-hydrogen) atoms. The summed E-state index contributed by atoms with van der Waals surface area (Å²) in [5.41, 5.74) is 1.94. The molecule has 2 aromatic rings. The molecular formula is C10H9FN4O3S. The minimum absolute atomic E-state index is 0.0267. The Balaban J connectivity index is 2.17. The number of hydrazine groups is 1. The average Bonchev–Trinajstić information content (AvgIpc) is 2.85. The fraction of sp³-hybridized carbons (Fsp3) is 0.100. The molecular weight excluding hydrogens is 275 g/mol. The van der Waals surface area contributed by atoms with Crippen LogP contribution < -0.4 is 16.0 Å². The highest BCUT2D eigenvalue weighted by molar-refractivity contribution is 7.15. The zero-order valence-corrected chi connectivity index (χ0v) is 10.3. The molecule has 7 nitrogen and oxygen atoms in total. The van der Waals surface area contributed by atoms with Crippen molar-refractivity contribution in [1.82, 2.24) is 4.98 Å². The van der Waals surface area contributed by atoms with E-state index in [9.17, 15) is 14.5 Å². The minimum Gasteiger partial charge on any atom is -0.479 e. The van der Waals surface area contributed by atoms with Gasteiger partial charge in [0.1, 0.15) is 6.61 Å². The number of anilines is 1. The van der Waals surface area contributed by atoms with Crippen molar-refractivity contribution in [3.63, 3.8) is 0 Å². The maximum atomic E-state index is 13.5. The van der Waals surface area contributed by atoms with Gasteiger partial charge < -0.3 is 4.74 Å². The lowest BCUT2D eigenvalue weighted by Gasteiger charge is -2.05. The Labute approximate surface area is 111 Å². The highest BCUT2D eigenvalue weighted by atomic mass is 32.1. The second-order valence-corrected chi connectivity index (χ2v) is 4.53. The zero-order chi connectivity index (χ0) is 13.8. The van der Waals surface area contributed by atoms with Crippen LogP contribution >= 0.6 is 11.3 Å². The number of thiazole rings is 1. The molecule has 0 saturated heterocycles. The molecule has 0 unspecified atom stereocenters. The Kier molecular flexibility index (Phi) is 3.88. The number of aromatic nitrogens is 1. The normalized spacial score (nSPS) is 10.2. The molecule has 0 spiro atoms. The molecule has 2 rings (SSSR count). The second-order valence-electron chi connectivity index (χ2n) is 3.41. The molecule has 1 aromatic heterocycles. The molecule has 0 saturated carbocycles. The summed E-state index contributed by atoms with van der Waals surface area (Å²) in [4.78, 5) is 14.6. The van der Waals surface area contributed by atoms with Crippen molar-refractivity contribution < 1.29 is 14.1 Å². The van der Waals surface area contributed by atoms with Gasteiger partial charge in [0.15, 0.2) is 10.9 Å². The summed E-state index contributed by atoms with van der Waals surface area (Å²) in [6.45, 7) is -0.0267. The number of hydrogen-bond acceptors (Lipinski definition) is 7. The Morgan fingerprint density at radius 3 is 3.00 bits per heavy atom. The molecule has 0 fully saturated rings. The number of hydrogen-bond donors (Lipinski definition) is 2. The first kappa shape index (κ1) is 13.2. The fourth-order valence-corrected chi connectivity index (χ4v) is 2.00. The highest BCUT2D eigenvalue weighted by Crippen LogP contribution is 2.31. The SMILES string of the molecule is NNc1ncc(COc2c(F)cccc2[N+](=O)[O-])s1. The van der Waals surface area contributed by atoms with Crippen LogP contribution in [0.1, 0.15) is 4.88 Å². The van der Waals surface area contributed by atoms with Crippen LogP contribution in [0, 0.1) is 15.9 Å². The second kappa shape index (κ2) is 5.59. The van der Waals surface area contributed by atoms with Crippen LogP contribution in [0.5, 0.6) is 5.75 Å². The Morgan fingerprint density at radius 2 is 2.37 bits per heavy atom. The van der Waals surface area contributed by atoms with E-state index in [-0.39, 0.29) is 12.4 Å². The highest BCUT2D eigenvalue weighted by Gasteiger charge is 2.19. The van der Waals surface area contributed by atoms with Gasteiger partial charge in [0, 0.05) is 12.3 Å². The molecule has 1 heterocycles. The molecule has 0 atom stereocenters. The summed E-state index contributed by atoms with van der Waals surface area (Å²) in [6, 6.07) is 3.53. The summed E-state index contributed by atoms with van der Waals surface area (Å²) in [5, 5.41) is 11.2. The number of nitrogens with two attached hydrogens (primary N) is 1. The third-order valence-corrected chi connectivity index (χ3v) is 3.08. The van der Waals surface area contributed by atoms with Gasteiger partial charge in [-0.25, -0.2) is 15.2 Å². The first-order valence-corrected chi connectivity index (χ1v) is 5.90. The van der Waals surface area contributed by atoms with Gasteiger partial charge in [0.25, 0.3) is 0 Å². The molecule has 0 amide bonds. The molecule has 100 valence electrons. The number of nitrogen functional groups attached to an aromatic ring is 1. The predicted molar refractivity (Wildman–Crippen MR) is 67.3 cm³/mol. The first-order chi connectivity index (χ1) is 9.11. The van der Waals surface area contributed by atoms with Gasteiger partial charge in [0.05, 0.1) is 9.80 Å². The van der Waals surface area contributed by atoms with Gasteiger partial charge in [0.2, 0.25) is 5.75 Å². The summed E-state index contributed by atoms with van der Waals surface area (Å²) in [5.74, 6) is 4.00. The van der Waals surface area contributed by atoms with Crippen LogP contribution in [-0.4, -0.2) is 9.91 Å². The summed E-state index contributed by atoms with van der Waals surface area (Å²) in [6.07, 6.45) is 1.49. The number of nitro benzene ring substituents is 1. The van der Waals surface area contributed by atoms with Crippen LogP contribution in [0.3, 0.4) is 0 Å². The van der Waals surface area contributed by atoms with E-state index in [1.54, 1.807) is 0 Å². The van der Waals surface area contributed by atoms with Crippen LogP contribution in [0.15, 0.2) is 24.4 Å². The van der Waals surface area contributed by atoms with E-state index in [0.717, 1.165) is 6.07 Å². The van der Waals surface area contributed by atoms with Gasteiger partial charge in [-0.1, -0.05) is 17.4 Å². The number of nitrogens with one attached hydrogen (secondary N) is 1. The third-order valence-electron chi connectivity index (χ3n) is 2.18. The summed E-state index contributed by atoms with van der Waals surface area (Å²) < 4.78 is 18.7.